The van der Waals surface area contributed by atoms with Gasteiger partial charge in [-0.2, -0.15) is 0 Å². The topological polar surface area (TPSA) is 73.8 Å². The normalized spacial score (nSPS) is 12.1. The minimum atomic E-state index is -3.58. The quantitative estimate of drug-likeness (QED) is 0.361. The number of fused-ring (bicyclic) bond motifs is 1. The molecule has 1 aromatic heterocycles. The molecule has 0 N–H and O–H groups in total. The van der Waals surface area contributed by atoms with Crippen LogP contribution in [0.3, 0.4) is 0 Å². The predicted molar refractivity (Wildman–Crippen MR) is 145 cm³/mol. The zero-order valence-corrected chi connectivity index (χ0v) is 23.2. The minimum absolute atomic E-state index is 0.181. The number of nitrogens with zero attached hydrogens (tertiary/aromatic N) is 4. The largest absolute Gasteiger partial charge is 0.309 e. The number of carbonyl (C=O) groups excluding carboxylic acids is 1. The summed E-state index contributed by atoms with van der Waals surface area (Å²) in [5.74, 6) is -0.181. The Balaban J connectivity index is 1.90. The monoisotopic (exact) mass is 516 g/mol. The van der Waals surface area contributed by atoms with E-state index in [1.54, 1.807) is 24.1 Å². The maximum absolute atomic E-state index is 13.6. The zero-order valence-electron chi connectivity index (χ0n) is 21.5. The first-order chi connectivity index (χ1) is 16.5. The van der Waals surface area contributed by atoms with E-state index < -0.39 is 10.0 Å². The van der Waals surface area contributed by atoms with E-state index >= 15 is 0 Å². The van der Waals surface area contributed by atoms with Crippen molar-refractivity contribution < 1.29 is 13.2 Å². The van der Waals surface area contributed by atoms with Gasteiger partial charge in [-0.3, -0.25) is 9.69 Å². The Bertz CT molecular complexity index is 1230. The van der Waals surface area contributed by atoms with Gasteiger partial charge < -0.3 is 4.90 Å². The van der Waals surface area contributed by atoms with Crippen LogP contribution in [-0.4, -0.2) is 69.3 Å². The Morgan fingerprint density at radius 3 is 2.23 bits per heavy atom. The van der Waals surface area contributed by atoms with Crippen LogP contribution in [0.15, 0.2) is 41.3 Å². The zero-order chi connectivity index (χ0) is 25.8. The van der Waals surface area contributed by atoms with Crippen molar-refractivity contribution in [2.24, 2.45) is 0 Å². The van der Waals surface area contributed by atoms with E-state index in [0.717, 1.165) is 36.0 Å². The number of thiazole rings is 1. The second kappa shape index (κ2) is 11.6. The third-order valence-corrected chi connectivity index (χ3v) is 9.00. The van der Waals surface area contributed by atoms with Crippen molar-refractivity contribution in [2.45, 2.75) is 44.9 Å². The molecule has 0 aliphatic rings. The lowest BCUT2D eigenvalue weighted by Crippen LogP contribution is -2.33. The standard InChI is InChI=1S/C26H36N4O3S2/c1-7-8-15-29(6)35(32,33)22-12-10-21(11-13-22)25(31)30(16-9-14-28(4)5)26-27-23-17-19(2)20(3)18-24(23)34-26/h10-13,17-18H,7-9,14-16H2,1-6H3. The van der Waals surface area contributed by atoms with Crippen LogP contribution in [0.1, 0.15) is 47.7 Å². The summed E-state index contributed by atoms with van der Waals surface area (Å²) >= 11 is 1.51. The molecule has 0 spiro atoms. The molecule has 0 aliphatic heterocycles. The third kappa shape index (κ3) is 6.46. The summed E-state index contributed by atoms with van der Waals surface area (Å²) < 4.78 is 28.1. The fraction of sp³-hybridized carbons (Fsp3) is 0.462. The molecule has 0 fully saturated rings. The molecule has 0 saturated heterocycles. The molecular weight excluding hydrogens is 480 g/mol. The summed E-state index contributed by atoms with van der Waals surface area (Å²) in [6, 6.07) is 10.4. The highest BCUT2D eigenvalue weighted by Crippen LogP contribution is 2.32. The molecular formula is C26H36N4O3S2. The molecule has 3 aromatic rings. The molecule has 0 unspecified atom stereocenters. The molecule has 0 bridgehead atoms. The SMILES string of the molecule is CCCCN(C)S(=O)(=O)c1ccc(C(=O)N(CCCN(C)C)c2nc3cc(C)c(C)cc3s2)cc1. The summed E-state index contributed by atoms with van der Waals surface area (Å²) in [6.45, 7) is 7.99. The maximum atomic E-state index is 13.6. The first kappa shape index (κ1) is 27.3. The van der Waals surface area contributed by atoms with Crippen molar-refractivity contribution in [3.05, 3.63) is 53.1 Å². The van der Waals surface area contributed by atoms with Gasteiger partial charge in [-0.1, -0.05) is 24.7 Å². The molecule has 0 radical (unpaired) electrons. The van der Waals surface area contributed by atoms with Crippen molar-refractivity contribution in [3.63, 3.8) is 0 Å². The average Bonchev–Trinajstić information content (AvgIpc) is 3.22. The number of benzene rings is 2. The number of hydrogen-bond donors (Lipinski definition) is 0. The van der Waals surface area contributed by atoms with Gasteiger partial charge in [0, 0.05) is 25.7 Å². The Hall–Kier alpha value is -2.33. The fourth-order valence-electron chi connectivity index (χ4n) is 3.72. The maximum Gasteiger partial charge on any atom is 0.260 e. The number of rotatable bonds is 11. The Morgan fingerprint density at radius 1 is 0.943 bits per heavy atom. The summed E-state index contributed by atoms with van der Waals surface area (Å²) in [4.78, 5) is 22.4. The van der Waals surface area contributed by atoms with Gasteiger partial charge in [-0.25, -0.2) is 17.7 Å². The first-order valence-electron chi connectivity index (χ1n) is 12.0. The van der Waals surface area contributed by atoms with Gasteiger partial charge in [0.1, 0.15) is 0 Å². The molecule has 0 saturated carbocycles. The van der Waals surface area contributed by atoms with E-state index in [-0.39, 0.29) is 10.8 Å². The van der Waals surface area contributed by atoms with E-state index in [1.165, 1.54) is 38.9 Å². The molecule has 1 heterocycles. The Morgan fingerprint density at radius 2 is 1.60 bits per heavy atom. The van der Waals surface area contributed by atoms with Crippen molar-refractivity contribution in [3.8, 4) is 0 Å². The van der Waals surface area contributed by atoms with E-state index in [9.17, 15) is 13.2 Å². The molecule has 190 valence electrons. The van der Waals surface area contributed by atoms with Crippen LogP contribution < -0.4 is 4.90 Å². The second-order valence-electron chi connectivity index (χ2n) is 9.22. The van der Waals surface area contributed by atoms with Crippen LogP contribution in [0.2, 0.25) is 0 Å². The fourth-order valence-corrected chi connectivity index (χ4v) is 6.00. The van der Waals surface area contributed by atoms with Crippen LogP contribution in [-0.2, 0) is 10.0 Å². The van der Waals surface area contributed by atoms with Crippen LogP contribution >= 0.6 is 11.3 Å². The molecule has 3 rings (SSSR count). The lowest BCUT2D eigenvalue weighted by Gasteiger charge is -2.21. The lowest BCUT2D eigenvalue weighted by molar-refractivity contribution is 0.0986. The van der Waals surface area contributed by atoms with Crippen molar-refractivity contribution in [1.82, 2.24) is 14.2 Å². The van der Waals surface area contributed by atoms with Crippen molar-refractivity contribution in [2.75, 3.05) is 45.7 Å². The number of amides is 1. The number of aromatic nitrogens is 1. The van der Waals surface area contributed by atoms with Crippen LogP contribution in [0.4, 0.5) is 5.13 Å². The molecule has 2 aromatic carbocycles. The number of carbonyl (C=O) groups is 1. The van der Waals surface area contributed by atoms with Gasteiger partial charge in [-0.15, -0.1) is 0 Å². The van der Waals surface area contributed by atoms with Gasteiger partial charge in [0.05, 0.1) is 15.1 Å². The Kier molecular flexibility index (Phi) is 9.04. The summed E-state index contributed by atoms with van der Waals surface area (Å²) in [5, 5.41) is 0.657. The van der Waals surface area contributed by atoms with Gasteiger partial charge in [-0.05, 0) is 94.9 Å². The number of sulfonamides is 1. The van der Waals surface area contributed by atoms with E-state index in [4.69, 9.17) is 4.98 Å². The van der Waals surface area contributed by atoms with Crippen LogP contribution in [0, 0.1) is 13.8 Å². The van der Waals surface area contributed by atoms with E-state index in [2.05, 4.69) is 30.9 Å². The third-order valence-electron chi connectivity index (χ3n) is 6.09. The second-order valence-corrected chi connectivity index (χ2v) is 12.3. The first-order valence-corrected chi connectivity index (χ1v) is 14.2. The average molecular weight is 517 g/mol. The van der Waals surface area contributed by atoms with Crippen LogP contribution in [0.5, 0.6) is 0 Å². The lowest BCUT2D eigenvalue weighted by atomic mass is 10.1. The van der Waals surface area contributed by atoms with Gasteiger partial charge in [0.25, 0.3) is 5.91 Å². The number of unbranched alkanes of at least 4 members (excludes halogenated alkanes) is 1. The van der Waals surface area contributed by atoms with E-state index in [1.807, 2.05) is 21.0 Å². The summed E-state index contributed by atoms with van der Waals surface area (Å²) in [7, 11) is 2.02. The highest BCUT2D eigenvalue weighted by molar-refractivity contribution is 7.89. The molecule has 35 heavy (non-hydrogen) atoms. The minimum Gasteiger partial charge on any atom is -0.309 e. The molecule has 0 atom stereocenters. The van der Waals surface area contributed by atoms with Crippen molar-refractivity contribution >= 4 is 42.6 Å². The Labute approximate surface area is 213 Å². The smallest absolute Gasteiger partial charge is 0.260 e. The van der Waals surface area contributed by atoms with E-state index in [0.29, 0.717) is 23.8 Å². The van der Waals surface area contributed by atoms with Gasteiger partial charge in [0.15, 0.2) is 5.13 Å². The molecule has 0 aliphatic carbocycles. The molecule has 1 amide bonds. The number of hydrogen-bond acceptors (Lipinski definition) is 6. The summed E-state index contributed by atoms with van der Waals surface area (Å²) in [5.41, 5.74) is 3.69. The predicted octanol–water partition coefficient (Wildman–Crippen LogP) is 4.93. The number of aryl methyl sites for hydroxylation is 2. The molecule has 7 nitrogen and oxygen atoms in total. The van der Waals surface area contributed by atoms with Crippen molar-refractivity contribution in [1.29, 1.82) is 0 Å². The number of anilines is 1. The summed E-state index contributed by atoms with van der Waals surface area (Å²) in [6.07, 6.45) is 2.51. The molecule has 9 heteroatoms. The highest BCUT2D eigenvalue weighted by atomic mass is 32.2. The highest BCUT2D eigenvalue weighted by Gasteiger charge is 2.24. The van der Waals surface area contributed by atoms with Gasteiger partial charge >= 0.3 is 0 Å². The van der Waals surface area contributed by atoms with Gasteiger partial charge in [0.2, 0.25) is 10.0 Å². The van der Waals surface area contributed by atoms with Crippen LogP contribution in [0.25, 0.3) is 10.2 Å².